The van der Waals surface area contributed by atoms with Gasteiger partial charge in [-0.3, -0.25) is 9.21 Å². The minimum Gasteiger partial charge on any atom is -0.270 e. The van der Waals surface area contributed by atoms with Gasteiger partial charge < -0.3 is 0 Å². The fourth-order valence-corrected chi connectivity index (χ4v) is 2.25. The van der Waals surface area contributed by atoms with Gasteiger partial charge >= 0.3 is 0 Å². The summed E-state index contributed by atoms with van der Waals surface area (Å²) in [4.78, 5) is 11.4. The molecule has 0 spiro atoms. The molecule has 4 nitrogen and oxygen atoms in total. The first-order chi connectivity index (χ1) is 8.60. The zero-order valence-corrected chi connectivity index (χ0v) is 13.0. The molecule has 0 bridgehead atoms. The molecule has 18 heavy (non-hydrogen) atoms. The van der Waals surface area contributed by atoms with Gasteiger partial charge in [-0.1, -0.05) is 39.5 Å². The number of unbranched alkanes of at least 4 members (excludes halogenated alkanes) is 2. The number of rotatable bonds is 7. The van der Waals surface area contributed by atoms with E-state index < -0.39 is 0 Å². The second-order valence-corrected chi connectivity index (χ2v) is 5.20. The molecule has 0 aromatic carbocycles. The fraction of sp³-hybridized carbons (Fsp3) is 0.846. The first-order valence-electron chi connectivity index (χ1n) is 6.92. The van der Waals surface area contributed by atoms with Gasteiger partial charge in [0.1, 0.15) is 11.7 Å². The highest BCUT2D eigenvalue weighted by Gasteiger charge is 2.26. The molecule has 104 valence electrons. The Bertz CT molecular complexity index is 306. The molecule has 1 rings (SSSR count). The van der Waals surface area contributed by atoms with Crippen LogP contribution in [0.1, 0.15) is 53.4 Å². The molecule has 0 amide bonds. The number of hydrogen-bond acceptors (Lipinski definition) is 5. The van der Waals surface area contributed by atoms with Crippen LogP contribution in [0.2, 0.25) is 0 Å². The fourth-order valence-electron chi connectivity index (χ4n) is 2.00. The van der Waals surface area contributed by atoms with Crippen LogP contribution >= 0.6 is 12.8 Å². The van der Waals surface area contributed by atoms with Crippen molar-refractivity contribution in [1.29, 1.82) is 0 Å². The summed E-state index contributed by atoms with van der Waals surface area (Å²) in [5, 5.41) is 0. The van der Waals surface area contributed by atoms with Crippen molar-refractivity contribution < 1.29 is 0 Å². The quantitative estimate of drug-likeness (QED) is 0.720. The van der Waals surface area contributed by atoms with Crippen LogP contribution in [0, 0.1) is 0 Å². The molecule has 1 aliphatic heterocycles. The van der Waals surface area contributed by atoms with Crippen molar-refractivity contribution in [2.45, 2.75) is 59.7 Å². The third-order valence-corrected chi connectivity index (χ3v) is 3.60. The van der Waals surface area contributed by atoms with E-state index in [-0.39, 0.29) is 6.29 Å². The molecule has 0 aromatic rings. The van der Waals surface area contributed by atoms with Gasteiger partial charge in [0.05, 0.1) is 0 Å². The second-order valence-electron chi connectivity index (χ2n) is 4.77. The molecular formula is C13H26N4S. The highest BCUT2D eigenvalue weighted by molar-refractivity contribution is 7.78. The summed E-state index contributed by atoms with van der Waals surface area (Å²) in [5.41, 5.74) is 0. The first kappa shape index (κ1) is 15.5. The van der Waals surface area contributed by atoms with Gasteiger partial charge in [-0.05, 0) is 26.7 Å². The standard InChI is InChI=1S/C13H26N4S/c1-5-7-9-16(10-8-6-2)13-15-11(3)14-12(4)17(13)18/h13,18H,5-10H2,1-4H3. The topological polar surface area (TPSA) is 31.2 Å². The number of nitrogens with zero attached hydrogens (tertiary/aromatic N) is 4. The Labute approximate surface area is 117 Å². The first-order valence-corrected chi connectivity index (χ1v) is 7.32. The third-order valence-electron chi connectivity index (χ3n) is 3.10. The lowest BCUT2D eigenvalue weighted by atomic mass is 10.2. The molecule has 0 radical (unpaired) electrons. The van der Waals surface area contributed by atoms with E-state index in [0.717, 1.165) is 24.8 Å². The van der Waals surface area contributed by atoms with Crippen LogP contribution in [0.5, 0.6) is 0 Å². The van der Waals surface area contributed by atoms with Crippen molar-refractivity contribution in [2.75, 3.05) is 13.1 Å². The average molecular weight is 270 g/mol. The van der Waals surface area contributed by atoms with Crippen LogP contribution in [-0.4, -0.2) is 40.3 Å². The summed E-state index contributed by atoms with van der Waals surface area (Å²) in [6.07, 6.45) is 4.82. The number of hydrogen-bond donors (Lipinski definition) is 1. The summed E-state index contributed by atoms with van der Waals surface area (Å²) in [5.74, 6) is 1.77. The molecule has 0 aliphatic carbocycles. The largest absolute Gasteiger partial charge is 0.270 e. The lowest BCUT2D eigenvalue weighted by molar-refractivity contribution is 0.142. The summed E-state index contributed by atoms with van der Waals surface area (Å²) in [7, 11) is 0. The SMILES string of the molecule is CCCCN(CCCC)C1N=C(C)N=C(C)N1S. The Morgan fingerprint density at radius 2 is 1.72 bits per heavy atom. The van der Waals surface area contributed by atoms with Gasteiger partial charge in [0, 0.05) is 13.1 Å². The Kier molecular flexibility index (Phi) is 6.71. The Morgan fingerprint density at radius 3 is 2.22 bits per heavy atom. The van der Waals surface area contributed by atoms with E-state index in [2.05, 4.69) is 41.5 Å². The highest BCUT2D eigenvalue weighted by Crippen LogP contribution is 2.17. The van der Waals surface area contributed by atoms with Crippen LogP contribution < -0.4 is 0 Å². The minimum absolute atomic E-state index is 0.00364. The maximum Gasteiger partial charge on any atom is 0.190 e. The molecule has 0 saturated heterocycles. The van der Waals surface area contributed by atoms with E-state index in [4.69, 9.17) is 0 Å². The van der Waals surface area contributed by atoms with Crippen LogP contribution in [0.3, 0.4) is 0 Å². The summed E-state index contributed by atoms with van der Waals surface area (Å²) < 4.78 is 1.87. The van der Waals surface area contributed by atoms with E-state index in [9.17, 15) is 0 Å². The monoisotopic (exact) mass is 270 g/mol. The normalized spacial score (nSPS) is 20.1. The molecule has 1 unspecified atom stereocenters. The molecule has 1 atom stereocenters. The molecule has 1 heterocycles. The van der Waals surface area contributed by atoms with E-state index in [0.29, 0.717) is 0 Å². The zero-order chi connectivity index (χ0) is 13.5. The molecule has 0 saturated carbocycles. The Balaban J connectivity index is 2.74. The van der Waals surface area contributed by atoms with Gasteiger partial charge in [-0.2, -0.15) is 0 Å². The smallest absolute Gasteiger partial charge is 0.190 e. The number of amidine groups is 2. The van der Waals surface area contributed by atoms with Crippen LogP contribution in [0.15, 0.2) is 9.98 Å². The van der Waals surface area contributed by atoms with E-state index in [1.807, 2.05) is 18.2 Å². The van der Waals surface area contributed by atoms with Crippen molar-refractivity contribution in [3.05, 3.63) is 0 Å². The van der Waals surface area contributed by atoms with E-state index in [1.54, 1.807) is 0 Å². The molecular weight excluding hydrogens is 244 g/mol. The number of thiol groups is 1. The number of aliphatic imine (C=N–C) groups is 2. The molecule has 0 N–H and O–H groups in total. The van der Waals surface area contributed by atoms with Gasteiger partial charge in [-0.15, -0.1) is 0 Å². The summed E-state index contributed by atoms with van der Waals surface area (Å²) >= 11 is 4.53. The van der Waals surface area contributed by atoms with Crippen LogP contribution in [0.25, 0.3) is 0 Å². The highest BCUT2D eigenvalue weighted by atomic mass is 32.1. The lowest BCUT2D eigenvalue weighted by Crippen LogP contribution is -2.48. The minimum atomic E-state index is 0.00364. The maximum absolute atomic E-state index is 4.62. The molecule has 0 fully saturated rings. The van der Waals surface area contributed by atoms with Gasteiger partial charge in [0.15, 0.2) is 6.29 Å². The average Bonchev–Trinajstić information content (AvgIpc) is 2.34. The van der Waals surface area contributed by atoms with Crippen molar-refractivity contribution in [2.24, 2.45) is 9.98 Å². The van der Waals surface area contributed by atoms with Gasteiger partial charge in [0.2, 0.25) is 0 Å². The predicted octanol–water partition coefficient (Wildman–Crippen LogP) is 3.17. The molecule has 0 aromatic heterocycles. The van der Waals surface area contributed by atoms with Crippen molar-refractivity contribution in [3.63, 3.8) is 0 Å². The zero-order valence-electron chi connectivity index (χ0n) is 12.1. The van der Waals surface area contributed by atoms with E-state index >= 15 is 0 Å². The lowest BCUT2D eigenvalue weighted by Gasteiger charge is -2.37. The van der Waals surface area contributed by atoms with Crippen LogP contribution in [0.4, 0.5) is 0 Å². The van der Waals surface area contributed by atoms with Crippen molar-refractivity contribution >= 4 is 24.5 Å². The van der Waals surface area contributed by atoms with Crippen molar-refractivity contribution in [1.82, 2.24) is 9.21 Å². The molecule has 1 aliphatic rings. The predicted molar refractivity (Wildman–Crippen MR) is 82.2 cm³/mol. The summed E-state index contributed by atoms with van der Waals surface area (Å²) in [6, 6.07) is 0. The Morgan fingerprint density at radius 1 is 1.17 bits per heavy atom. The second kappa shape index (κ2) is 7.79. The van der Waals surface area contributed by atoms with E-state index in [1.165, 1.54) is 25.7 Å². The molecule has 5 heteroatoms. The van der Waals surface area contributed by atoms with Crippen molar-refractivity contribution in [3.8, 4) is 0 Å². The maximum atomic E-state index is 4.62. The van der Waals surface area contributed by atoms with Crippen LogP contribution in [-0.2, 0) is 0 Å². The summed E-state index contributed by atoms with van der Waals surface area (Å²) in [6.45, 7) is 10.5. The van der Waals surface area contributed by atoms with Gasteiger partial charge in [-0.25, -0.2) is 9.98 Å². The van der Waals surface area contributed by atoms with Gasteiger partial charge in [0.25, 0.3) is 0 Å². The Hall–Kier alpha value is -0.550. The third kappa shape index (κ3) is 4.28.